The highest BCUT2D eigenvalue weighted by Crippen LogP contribution is 1.59. The average molecular weight is 86.1 g/mol. The highest BCUT2D eigenvalue weighted by Gasteiger charge is 1.87. The molecule has 0 unspecified atom stereocenters. The third-order valence-corrected chi connectivity index (χ3v) is 0.191. The molecule has 0 saturated heterocycles. The van der Waals surface area contributed by atoms with Gasteiger partial charge in [-0.25, -0.2) is 0 Å². The van der Waals surface area contributed by atoms with Crippen LogP contribution in [0, 0.1) is 5.53 Å². The first kappa shape index (κ1) is 4.98. The molecule has 0 rings (SSSR count). The smallest absolute Gasteiger partial charge is 0.265 e. The van der Waals surface area contributed by atoms with Gasteiger partial charge in [0.1, 0.15) is 5.53 Å². The first-order valence-corrected chi connectivity index (χ1v) is 1.35. The fourth-order valence-electron chi connectivity index (χ4n) is 0.0704. The Morgan fingerprint density at radius 1 is 2.00 bits per heavy atom. The number of carbonyl (C=O) groups is 1. The maximum Gasteiger partial charge on any atom is 0.327 e. The van der Waals surface area contributed by atoms with Crippen LogP contribution >= 0.6 is 0 Å². The zero-order valence-electron chi connectivity index (χ0n) is 3.30. The molecule has 0 fully saturated rings. The Kier molecular flexibility index (Phi) is 1.85. The van der Waals surface area contributed by atoms with Crippen molar-refractivity contribution < 1.29 is 4.79 Å². The molecule has 0 aliphatic heterocycles. The first-order valence-electron chi connectivity index (χ1n) is 1.35. The van der Waals surface area contributed by atoms with E-state index in [1.807, 2.05) is 0 Å². The Hall–Kier alpha value is -1.02. The van der Waals surface area contributed by atoms with Gasteiger partial charge in [0.2, 0.25) is 4.91 Å². The molecular formula is C2H4N3O+. The van der Waals surface area contributed by atoms with Gasteiger partial charge in [0.15, 0.2) is 5.11 Å². The minimum Gasteiger partial charge on any atom is -0.265 e. The minimum absolute atomic E-state index is 0.440. The van der Waals surface area contributed by atoms with Crippen LogP contribution in [-0.4, -0.2) is 5.91 Å². The van der Waals surface area contributed by atoms with Crippen molar-refractivity contribution in [3.63, 3.8) is 0 Å². The molecule has 4 nitrogen and oxygen atoms in total. The van der Waals surface area contributed by atoms with Gasteiger partial charge in [0.25, 0.3) is 0 Å². The third kappa shape index (κ3) is 2.98. The summed E-state index contributed by atoms with van der Waals surface area (Å²) in [5.74, 6) is -0.440. The second-order valence-electron chi connectivity index (χ2n) is 0.719. The predicted octanol–water partition coefficient (Wildman–Crippen LogP) is 0.0833. The van der Waals surface area contributed by atoms with E-state index in [1.165, 1.54) is 6.92 Å². The van der Waals surface area contributed by atoms with Crippen molar-refractivity contribution in [3.05, 3.63) is 0 Å². The normalized spacial score (nSPS) is 6.17. The van der Waals surface area contributed by atoms with Crippen molar-refractivity contribution in [2.75, 3.05) is 0 Å². The van der Waals surface area contributed by atoms with Crippen LogP contribution < -0.4 is 4.91 Å². The van der Waals surface area contributed by atoms with E-state index >= 15 is 0 Å². The number of nitrogens with zero attached hydrogens (tertiary/aromatic N) is 2. The number of rotatable bonds is 0. The molecule has 0 aromatic rings. The predicted molar refractivity (Wildman–Crippen MR) is 18.0 cm³/mol. The van der Waals surface area contributed by atoms with E-state index in [0.717, 1.165) is 0 Å². The lowest BCUT2D eigenvalue weighted by Gasteiger charge is -1.49. The Bertz CT molecular complexity index is 101. The van der Waals surface area contributed by atoms with Crippen LogP contribution in [0.3, 0.4) is 0 Å². The Labute approximate surface area is 34.4 Å². The summed E-state index contributed by atoms with van der Waals surface area (Å²) in [5.41, 5.74) is 5.97. The molecule has 0 aliphatic carbocycles. The average Bonchev–Trinajstić information content (AvgIpc) is 1.35. The van der Waals surface area contributed by atoms with E-state index in [1.54, 1.807) is 0 Å². The van der Waals surface area contributed by atoms with E-state index in [-0.39, 0.29) is 0 Å². The zero-order valence-corrected chi connectivity index (χ0v) is 3.30. The molecule has 4 heteroatoms. The van der Waals surface area contributed by atoms with Crippen LogP contribution in [0.4, 0.5) is 0 Å². The maximum atomic E-state index is 9.66. The highest BCUT2D eigenvalue weighted by molar-refractivity contribution is 5.72. The van der Waals surface area contributed by atoms with Gasteiger partial charge in [-0.15, -0.1) is 0 Å². The van der Waals surface area contributed by atoms with E-state index in [2.05, 4.69) is 10.0 Å². The monoisotopic (exact) mass is 86.0 g/mol. The van der Waals surface area contributed by atoms with Crippen molar-refractivity contribution in [2.45, 2.75) is 6.92 Å². The van der Waals surface area contributed by atoms with E-state index in [4.69, 9.17) is 5.53 Å². The lowest BCUT2D eigenvalue weighted by molar-refractivity contribution is -0.116. The van der Waals surface area contributed by atoms with Gasteiger partial charge in [-0.1, -0.05) is 0 Å². The third-order valence-electron chi connectivity index (χ3n) is 0.191. The summed E-state index contributed by atoms with van der Waals surface area (Å²) in [7, 11) is 0. The van der Waals surface area contributed by atoms with Crippen LogP contribution in [0.15, 0.2) is 5.11 Å². The molecule has 6 heavy (non-hydrogen) atoms. The number of nitrogens with one attached hydrogen (secondary N) is 1. The molecule has 0 heterocycles. The standard InChI is InChI=1S/C2H4N3O/c1-2(6)4-5-3/h3H,1H3/q+1. The number of hydrogen-bond acceptors (Lipinski definition) is 2. The molecule has 0 aromatic heterocycles. The SMILES string of the molecule is CC(=O)N=[N+]=N. The summed E-state index contributed by atoms with van der Waals surface area (Å²) >= 11 is 0. The Balaban J connectivity index is 3.60. The Morgan fingerprint density at radius 2 is 2.50 bits per heavy atom. The van der Waals surface area contributed by atoms with Gasteiger partial charge in [0, 0.05) is 6.92 Å². The van der Waals surface area contributed by atoms with Crippen LogP contribution in [0.1, 0.15) is 6.92 Å². The van der Waals surface area contributed by atoms with E-state index < -0.39 is 5.91 Å². The second-order valence-corrected chi connectivity index (χ2v) is 0.719. The minimum atomic E-state index is -0.440. The number of hydrogen-bond donors (Lipinski definition) is 1. The molecule has 0 bridgehead atoms. The van der Waals surface area contributed by atoms with Crippen molar-refractivity contribution in [2.24, 2.45) is 5.11 Å². The summed E-state index contributed by atoms with van der Waals surface area (Å²) in [6.07, 6.45) is 0. The largest absolute Gasteiger partial charge is 0.327 e. The molecule has 0 atom stereocenters. The van der Waals surface area contributed by atoms with E-state index in [9.17, 15) is 4.79 Å². The van der Waals surface area contributed by atoms with Crippen molar-refractivity contribution in [1.29, 1.82) is 5.53 Å². The van der Waals surface area contributed by atoms with Gasteiger partial charge >= 0.3 is 5.91 Å². The second kappa shape index (κ2) is 2.23. The summed E-state index contributed by atoms with van der Waals surface area (Å²) < 4.78 is 0. The van der Waals surface area contributed by atoms with Crippen molar-refractivity contribution >= 4 is 5.91 Å². The number of carbonyl (C=O) groups excluding carboxylic acids is 1. The molecule has 0 saturated carbocycles. The Morgan fingerprint density at radius 3 is 2.50 bits per heavy atom. The maximum absolute atomic E-state index is 9.66. The molecular weight excluding hydrogens is 82.0 g/mol. The van der Waals surface area contributed by atoms with Crippen LogP contribution in [-0.2, 0) is 4.79 Å². The summed E-state index contributed by atoms with van der Waals surface area (Å²) in [6.45, 7) is 1.23. The summed E-state index contributed by atoms with van der Waals surface area (Å²) in [4.78, 5) is 12.1. The quantitative estimate of drug-likeness (QED) is 0.329. The molecule has 0 aromatic carbocycles. The number of amides is 1. The molecule has 1 N–H and O–H groups in total. The van der Waals surface area contributed by atoms with Gasteiger partial charge in [-0.3, -0.25) is 4.79 Å². The fourth-order valence-corrected chi connectivity index (χ4v) is 0.0704. The lowest BCUT2D eigenvalue weighted by Crippen LogP contribution is -1.78. The molecule has 32 valence electrons. The molecule has 1 amide bonds. The first-order chi connectivity index (χ1) is 2.77. The molecule has 0 spiro atoms. The molecule has 0 aliphatic rings. The summed E-state index contributed by atoms with van der Waals surface area (Å²) in [6, 6.07) is 0. The van der Waals surface area contributed by atoms with Crippen molar-refractivity contribution in [3.8, 4) is 0 Å². The van der Waals surface area contributed by atoms with E-state index in [0.29, 0.717) is 0 Å². The summed E-state index contributed by atoms with van der Waals surface area (Å²) in [5, 5.41) is 2.78. The lowest BCUT2D eigenvalue weighted by atomic mass is 10.8. The van der Waals surface area contributed by atoms with Crippen LogP contribution in [0.25, 0.3) is 0 Å². The van der Waals surface area contributed by atoms with Gasteiger partial charge in [-0.05, 0) is 0 Å². The molecule has 0 radical (unpaired) electrons. The van der Waals surface area contributed by atoms with Crippen LogP contribution in [0.5, 0.6) is 0 Å². The van der Waals surface area contributed by atoms with Gasteiger partial charge < -0.3 is 0 Å². The van der Waals surface area contributed by atoms with Gasteiger partial charge in [-0.2, -0.15) is 0 Å². The topological polar surface area (TPSA) is 67.4 Å². The van der Waals surface area contributed by atoms with Crippen LogP contribution in [0.2, 0.25) is 0 Å². The van der Waals surface area contributed by atoms with Gasteiger partial charge in [0.05, 0.1) is 0 Å². The fraction of sp³-hybridized carbons (Fsp3) is 0.500. The highest BCUT2D eigenvalue weighted by atomic mass is 16.1. The van der Waals surface area contributed by atoms with Crippen molar-refractivity contribution in [1.82, 2.24) is 4.91 Å². The zero-order chi connectivity index (χ0) is 4.99.